The van der Waals surface area contributed by atoms with E-state index < -0.39 is 0 Å². The summed E-state index contributed by atoms with van der Waals surface area (Å²) in [5, 5.41) is 10.4. The van der Waals surface area contributed by atoms with E-state index in [1.54, 1.807) is 0 Å². The predicted molar refractivity (Wildman–Crippen MR) is 226 cm³/mol. The van der Waals surface area contributed by atoms with Crippen molar-refractivity contribution in [3.63, 3.8) is 0 Å². The van der Waals surface area contributed by atoms with Crippen molar-refractivity contribution in [1.29, 1.82) is 0 Å². The van der Waals surface area contributed by atoms with Crippen LogP contribution < -0.4 is 0 Å². The second kappa shape index (κ2) is 11.0. The molecule has 1 aliphatic rings. The topological polar surface area (TPSA) is 0 Å². The Bertz CT molecular complexity index is 3030. The summed E-state index contributed by atoms with van der Waals surface area (Å²) in [4.78, 5) is 0. The van der Waals surface area contributed by atoms with Gasteiger partial charge in [0.2, 0.25) is 0 Å². The first-order valence-electron chi connectivity index (χ1n) is 18.2. The Labute approximate surface area is 307 Å². The minimum Gasteiger partial charge on any atom is -0.135 e. The van der Waals surface area contributed by atoms with Crippen LogP contribution in [0.1, 0.15) is 25.0 Å². The molecule has 0 radical (unpaired) electrons. The van der Waals surface area contributed by atoms with Crippen LogP contribution in [-0.2, 0) is 5.41 Å². The first-order valence-corrected chi connectivity index (χ1v) is 19.0. The molecule has 1 heteroatoms. The van der Waals surface area contributed by atoms with E-state index >= 15 is 0 Å². The summed E-state index contributed by atoms with van der Waals surface area (Å²) in [6.45, 7) is 4.78. The molecule has 244 valence electrons. The van der Waals surface area contributed by atoms with Crippen LogP contribution >= 0.6 is 11.3 Å². The van der Waals surface area contributed by atoms with E-state index in [4.69, 9.17) is 0 Å². The van der Waals surface area contributed by atoms with Gasteiger partial charge in [-0.3, -0.25) is 0 Å². The quantitative estimate of drug-likeness (QED) is 0.163. The van der Waals surface area contributed by atoms with E-state index in [9.17, 15) is 0 Å². The average molecular weight is 679 g/mol. The summed E-state index contributed by atoms with van der Waals surface area (Å²) < 4.78 is 2.74. The summed E-state index contributed by atoms with van der Waals surface area (Å²) in [6, 6.07) is 63.5. The lowest BCUT2D eigenvalue weighted by atomic mass is 9.81. The lowest BCUT2D eigenvalue weighted by Crippen LogP contribution is -2.14. The van der Waals surface area contributed by atoms with Crippen LogP contribution in [-0.4, -0.2) is 0 Å². The molecular formula is C51H34S. The van der Waals surface area contributed by atoms with E-state index in [2.05, 4.69) is 184 Å². The van der Waals surface area contributed by atoms with Gasteiger partial charge in [0.15, 0.2) is 0 Å². The van der Waals surface area contributed by atoms with Crippen molar-refractivity contribution < 1.29 is 0 Å². The molecular weight excluding hydrogens is 645 g/mol. The molecule has 9 aromatic carbocycles. The Hall–Kier alpha value is -6.02. The highest BCUT2D eigenvalue weighted by molar-refractivity contribution is 7.25. The predicted octanol–water partition coefficient (Wildman–Crippen LogP) is 14.8. The number of fused-ring (bicyclic) bond motifs is 9. The fourth-order valence-corrected chi connectivity index (χ4v) is 10.2. The lowest BCUT2D eigenvalue weighted by Gasteiger charge is -2.22. The van der Waals surface area contributed by atoms with Crippen molar-refractivity contribution in [2.45, 2.75) is 19.3 Å². The van der Waals surface area contributed by atoms with Gasteiger partial charge in [0.05, 0.1) is 0 Å². The molecule has 1 aliphatic carbocycles. The third-order valence-electron chi connectivity index (χ3n) is 11.6. The summed E-state index contributed by atoms with van der Waals surface area (Å²) in [5.74, 6) is 0. The van der Waals surface area contributed by atoms with Gasteiger partial charge in [-0.25, -0.2) is 0 Å². The minimum atomic E-state index is -0.0738. The number of thiophene rings is 1. The smallest absolute Gasteiger partial charge is 0.0358 e. The lowest BCUT2D eigenvalue weighted by molar-refractivity contribution is 0.661. The SMILES string of the molecule is CC1(C)c2cc(-c3ccc(-c4c5ccccc5c(-c5ccc6ccccc6c5)c5ccccc45)cc3)ccc2-c2cc3c(cc21)sc1ccccc13. The molecule has 52 heavy (non-hydrogen) atoms. The molecule has 0 bridgehead atoms. The third kappa shape index (κ3) is 4.27. The first kappa shape index (κ1) is 29.7. The van der Waals surface area contributed by atoms with Crippen LogP contribution in [0.2, 0.25) is 0 Å². The van der Waals surface area contributed by atoms with Gasteiger partial charge in [-0.05, 0) is 118 Å². The average Bonchev–Trinajstić information content (AvgIpc) is 3.66. The molecule has 0 saturated carbocycles. The highest BCUT2D eigenvalue weighted by Crippen LogP contribution is 2.52. The van der Waals surface area contributed by atoms with Gasteiger partial charge in [0.25, 0.3) is 0 Å². The Morgan fingerprint density at radius 2 is 0.885 bits per heavy atom. The fourth-order valence-electron chi connectivity index (χ4n) is 9.06. The Morgan fingerprint density at radius 1 is 0.346 bits per heavy atom. The highest BCUT2D eigenvalue weighted by Gasteiger charge is 2.36. The van der Waals surface area contributed by atoms with Gasteiger partial charge in [-0.1, -0.05) is 153 Å². The van der Waals surface area contributed by atoms with Crippen molar-refractivity contribution >= 4 is 63.8 Å². The molecule has 11 rings (SSSR count). The maximum Gasteiger partial charge on any atom is 0.0358 e. The zero-order chi connectivity index (χ0) is 34.6. The zero-order valence-corrected chi connectivity index (χ0v) is 29.9. The highest BCUT2D eigenvalue weighted by atomic mass is 32.1. The standard InChI is InChI=1S/C51H34S/c1-51(2)45-28-35(25-26-37(45)43-29-44-38-13-9-10-18-47(38)52-48(44)30-46(43)51)32-19-22-33(23-20-32)49-39-14-5-7-16-41(39)50(42-17-8-6-15-40(42)49)36-24-21-31-11-3-4-12-34(31)27-36/h3-30H,1-2H3. The summed E-state index contributed by atoms with van der Waals surface area (Å²) in [6.07, 6.45) is 0. The monoisotopic (exact) mass is 678 g/mol. The minimum absolute atomic E-state index is 0.0738. The molecule has 0 saturated heterocycles. The summed E-state index contributed by atoms with van der Waals surface area (Å²) >= 11 is 1.91. The van der Waals surface area contributed by atoms with Crippen LogP contribution in [0.3, 0.4) is 0 Å². The number of hydrogen-bond donors (Lipinski definition) is 0. The summed E-state index contributed by atoms with van der Waals surface area (Å²) in [7, 11) is 0. The van der Waals surface area contributed by atoms with Crippen LogP contribution in [0, 0.1) is 0 Å². The van der Waals surface area contributed by atoms with Crippen LogP contribution in [0.15, 0.2) is 170 Å². The Balaban J connectivity index is 1.03. The van der Waals surface area contributed by atoms with Crippen molar-refractivity contribution in [2.75, 3.05) is 0 Å². The Kier molecular flexibility index (Phi) is 6.27. The molecule has 0 spiro atoms. The molecule has 0 atom stereocenters. The van der Waals surface area contributed by atoms with E-state index in [-0.39, 0.29) is 5.41 Å². The number of rotatable bonds is 3. The van der Waals surface area contributed by atoms with Crippen LogP contribution in [0.5, 0.6) is 0 Å². The molecule has 0 fully saturated rings. The molecule has 1 aromatic heterocycles. The van der Waals surface area contributed by atoms with Gasteiger partial charge in [-0.15, -0.1) is 11.3 Å². The zero-order valence-electron chi connectivity index (χ0n) is 29.1. The van der Waals surface area contributed by atoms with Crippen molar-refractivity contribution in [3.8, 4) is 44.5 Å². The van der Waals surface area contributed by atoms with E-state index in [1.807, 2.05) is 11.3 Å². The van der Waals surface area contributed by atoms with E-state index in [1.165, 1.54) is 108 Å². The second-order valence-electron chi connectivity index (χ2n) is 14.9. The van der Waals surface area contributed by atoms with Gasteiger partial charge in [0.1, 0.15) is 0 Å². The molecule has 0 N–H and O–H groups in total. The van der Waals surface area contributed by atoms with Crippen LogP contribution in [0.25, 0.3) is 97.0 Å². The normalized spacial score (nSPS) is 13.3. The van der Waals surface area contributed by atoms with Crippen molar-refractivity contribution in [2.24, 2.45) is 0 Å². The molecule has 0 nitrogen and oxygen atoms in total. The van der Waals surface area contributed by atoms with Gasteiger partial charge in [0, 0.05) is 25.6 Å². The Morgan fingerprint density at radius 3 is 1.60 bits per heavy atom. The van der Waals surface area contributed by atoms with Gasteiger partial charge in [-0.2, -0.15) is 0 Å². The molecule has 1 heterocycles. The van der Waals surface area contributed by atoms with E-state index in [0.29, 0.717) is 0 Å². The van der Waals surface area contributed by atoms with Crippen LogP contribution in [0.4, 0.5) is 0 Å². The molecule has 0 amide bonds. The largest absolute Gasteiger partial charge is 0.135 e. The number of hydrogen-bond acceptors (Lipinski definition) is 1. The van der Waals surface area contributed by atoms with Gasteiger partial charge >= 0.3 is 0 Å². The molecule has 0 unspecified atom stereocenters. The number of benzene rings is 9. The second-order valence-corrected chi connectivity index (χ2v) is 15.9. The fraction of sp³-hybridized carbons (Fsp3) is 0.0588. The molecule has 0 aliphatic heterocycles. The van der Waals surface area contributed by atoms with E-state index in [0.717, 1.165) is 0 Å². The maximum absolute atomic E-state index is 2.46. The van der Waals surface area contributed by atoms with Crippen molar-refractivity contribution in [1.82, 2.24) is 0 Å². The molecule has 10 aromatic rings. The first-order chi connectivity index (χ1) is 25.5. The van der Waals surface area contributed by atoms with Crippen molar-refractivity contribution in [3.05, 3.63) is 181 Å². The third-order valence-corrected chi connectivity index (χ3v) is 12.8. The summed E-state index contributed by atoms with van der Waals surface area (Å²) in [5.41, 5.74) is 13.1. The maximum atomic E-state index is 2.46. The van der Waals surface area contributed by atoms with Gasteiger partial charge < -0.3 is 0 Å².